The highest BCUT2D eigenvalue weighted by Crippen LogP contribution is 2.36. The molecule has 0 aliphatic heterocycles. The van der Waals surface area contributed by atoms with Gasteiger partial charge in [0.1, 0.15) is 5.82 Å². The van der Waals surface area contributed by atoms with Gasteiger partial charge in [-0.15, -0.1) is 0 Å². The van der Waals surface area contributed by atoms with Crippen molar-refractivity contribution in [3.8, 4) is 5.88 Å². The molecule has 4 nitrogen and oxygen atoms in total. The molecule has 0 radical (unpaired) electrons. The van der Waals surface area contributed by atoms with E-state index < -0.39 is 0 Å². The Hall–Kier alpha value is -1.45. The summed E-state index contributed by atoms with van der Waals surface area (Å²) in [5.41, 5.74) is 6.42. The molecule has 1 fully saturated rings. The summed E-state index contributed by atoms with van der Waals surface area (Å²) in [6, 6.07) is 4.35. The average Bonchev–Trinajstić information content (AvgIpc) is 3.08. The summed E-state index contributed by atoms with van der Waals surface area (Å²) in [5, 5.41) is 3.41. The SMILES string of the molecule is CCCOc1nc(NC2CC2CC)ccc1N. The van der Waals surface area contributed by atoms with Crippen LogP contribution in [0.3, 0.4) is 0 Å². The maximum Gasteiger partial charge on any atom is 0.239 e. The molecule has 2 unspecified atom stereocenters. The molecule has 0 spiro atoms. The summed E-state index contributed by atoms with van der Waals surface area (Å²) in [6.45, 7) is 4.94. The molecule has 2 atom stereocenters. The second-order valence-corrected chi connectivity index (χ2v) is 4.59. The maximum atomic E-state index is 5.81. The second kappa shape index (κ2) is 5.25. The first-order valence-corrected chi connectivity index (χ1v) is 6.40. The van der Waals surface area contributed by atoms with Gasteiger partial charge in [0, 0.05) is 6.04 Å². The van der Waals surface area contributed by atoms with Gasteiger partial charge in [0.2, 0.25) is 5.88 Å². The minimum Gasteiger partial charge on any atom is -0.476 e. The van der Waals surface area contributed by atoms with E-state index in [9.17, 15) is 0 Å². The van der Waals surface area contributed by atoms with E-state index in [2.05, 4.69) is 24.1 Å². The molecule has 2 rings (SSSR count). The average molecular weight is 235 g/mol. The first-order chi connectivity index (χ1) is 8.24. The van der Waals surface area contributed by atoms with E-state index in [0.29, 0.717) is 24.2 Å². The van der Waals surface area contributed by atoms with Crippen LogP contribution in [0.1, 0.15) is 33.1 Å². The van der Waals surface area contributed by atoms with Gasteiger partial charge in [-0.25, -0.2) is 0 Å². The fourth-order valence-corrected chi connectivity index (χ4v) is 1.91. The molecule has 94 valence electrons. The molecular formula is C13H21N3O. The molecule has 0 amide bonds. The Morgan fingerprint density at radius 2 is 2.29 bits per heavy atom. The van der Waals surface area contributed by atoms with Gasteiger partial charge >= 0.3 is 0 Å². The van der Waals surface area contributed by atoms with Crippen LogP contribution >= 0.6 is 0 Å². The summed E-state index contributed by atoms with van der Waals surface area (Å²) >= 11 is 0. The summed E-state index contributed by atoms with van der Waals surface area (Å²) < 4.78 is 5.51. The van der Waals surface area contributed by atoms with Gasteiger partial charge in [0.15, 0.2) is 0 Å². The maximum absolute atomic E-state index is 5.81. The van der Waals surface area contributed by atoms with Gasteiger partial charge < -0.3 is 15.8 Å². The topological polar surface area (TPSA) is 60.2 Å². The minimum absolute atomic E-state index is 0.547. The van der Waals surface area contributed by atoms with Crippen LogP contribution in [0, 0.1) is 5.92 Å². The lowest BCUT2D eigenvalue weighted by Gasteiger charge is -2.10. The lowest BCUT2D eigenvalue weighted by atomic mass is 10.3. The van der Waals surface area contributed by atoms with Crippen LogP contribution in [0.5, 0.6) is 5.88 Å². The van der Waals surface area contributed by atoms with E-state index in [1.165, 1.54) is 12.8 Å². The van der Waals surface area contributed by atoms with Crippen LogP contribution in [-0.2, 0) is 0 Å². The number of nitrogens with zero attached hydrogens (tertiary/aromatic N) is 1. The minimum atomic E-state index is 0.547. The van der Waals surface area contributed by atoms with E-state index in [4.69, 9.17) is 10.5 Å². The number of hydrogen-bond acceptors (Lipinski definition) is 4. The van der Waals surface area contributed by atoms with Crippen molar-refractivity contribution < 1.29 is 4.74 Å². The van der Waals surface area contributed by atoms with Crippen LogP contribution in [0.2, 0.25) is 0 Å². The molecule has 3 N–H and O–H groups in total. The molecular weight excluding hydrogens is 214 g/mol. The lowest BCUT2D eigenvalue weighted by Crippen LogP contribution is -2.08. The Morgan fingerprint density at radius 1 is 1.47 bits per heavy atom. The second-order valence-electron chi connectivity index (χ2n) is 4.59. The van der Waals surface area contributed by atoms with E-state index in [0.717, 1.165) is 18.2 Å². The molecule has 1 saturated carbocycles. The van der Waals surface area contributed by atoms with E-state index in [1.54, 1.807) is 0 Å². The monoisotopic (exact) mass is 235 g/mol. The Kier molecular flexibility index (Phi) is 3.71. The Bertz CT molecular complexity index is 381. The number of nitrogens with one attached hydrogen (secondary N) is 1. The fraction of sp³-hybridized carbons (Fsp3) is 0.615. The summed E-state index contributed by atoms with van der Waals surface area (Å²) in [7, 11) is 0. The summed E-state index contributed by atoms with van der Waals surface area (Å²) in [4.78, 5) is 4.40. The van der Waals surface area contributed by atoms with Crippen molar-refractivity contribution >= 4 is 11.5 Å². The smallest absolute Gasteiger partial charge is 0.239 e. The third-order valence-corrected chi connectivity index (χ3v) is 3.11. The van der Waals surface area contributed by atoms with Crippen LogP contribution in [0.15, 0.2) is 12.1 Å². The van der Waals surface area contributed by atoms with Crippen molar-refractivity contribution in [1.82, 2.24) is 4.98 Å². The van der Waals surface area contributed by atoms with E-state index >= 15 is 0 Å². The predicted octanol–water partition coefficient (Wildman–Crippen LogP) is 2.66. The highest BCUT2D eigenvalue weighted by atomic mass is 16.5. The summed E-state index contributed by atoms with van der Waals surface area (Å²) in [6.07, 6.45) is 3.43. The van der Waals surface area contributed by atoms with E-state index in [-0.39, 0.29) is 0 Å². The zero-order valence-electron chi connectivity index (χ0n) is 10.6. The third-order valence-electron chi connectivity index (χ3n) is 3.11. The largest absolute Gasteiger partial charge is 0.476 e. The van der Waals surface area contributed by atoms with Crippen molar-refractivity contribution in [2.75, 3.05) is 17.7 Å². The molecule has 1 aromatic heterocycles. The van der Waals surface area contributed by atoms with Crippen molar-refractivity contribution in [1.29, 1.82) is 0 Å². The zero-order chi connectivity index (χ0) is 12.3. The Morgan fingerprint density at radius 3 is 2.94 bits per heavy atom. The van der Waals surface area contributed by atoms with Crippen molar-refractivity contribution in [3.05, 3.63) is 12.1 Å². The predicted molar refractivity (Wildman–Crippen MR) is 70.2 cm³/mol. The molecule has 0 saturated heterocycles. The van der Waals surface area contributed by atoms with Gasteiger partial charge in [-0.1, -0.05) is 20.3 Å². The standard InChI is InChI=1S/C13H21N3O/c1-3-7-17-13-10(14)5-6-12(16-13)15-11-8-9(11)4-2/h5-6,9,11H,3-4,7-8,14H2,1-2H3,(H,15,16). The fourth-order valence-electron chi connectivity index (χ4n) is 1.91. The third kappa shape index (κ3) is 3.02. The van der Waals surface area contributed by atoms with Gasteiger partial charge in [0.25, 0.3) is 0 Å². The van der Waals surface area contributed by atoms with Crippen LogP contribution in [0.4, 0.5) is 11.5 Å². The van der Waals surface area contributed by atoms with Crippen LogP contribution in [-0.4, -0.2) is 17.6 Å². The van der Waals surface area contributed by atoms with Gasteiger partial charge in [-0.05, 0) is 30.9 Å². The first kappa shape index (κ1) is 12.0. The molecule has 0 bridgehead atoms. The normalized spacial score (nSPS) is 22.2. The van der Waals surface area contributed by atoms with Crippen LogP contribution < -0.4 is 15.8 Å². The first-order valence-electron chi connectivity index (χ1n) is 6.40. The lowest BCUT2D eigenvalue weighted by molar-refractivity contribution is 0.307. The molecule has 1 heterocycles. The number of anilines is 2. The number of nitrogens with two attached hydrogens (primary N) is 1. The zero-order valence-corrected chi connectivity index (χ0v) is 10.6. The van der Waals surface area contributed by atoms with Gasteiger partial charge in [-0.3, -0.25) is 0 Å². The quantitative estimate of drug-likeness (QED) is 0.795. The number of pyridine rings is 1. The number of aromatic nitrogens is 1. The number of rotatable bonds is 6. The number of nitrogen functional groups attached to an aromatic ring is 1. The highest BCUT2D eigenvalue weighted by Gasteiger charge is 2.35. The van der Waals surface area contributed by atoms with Crippen molar-refractivity contribution in [2.45, 2.75) is 39.2 Å². The van der Waals surface area contributed by atoms with Gasteiger partial charge in [-0.2, -0.15) is 4.98 Å². The molecule has 0 aromatic carbocycles. The number of ether oxygens (including phenoxy) is 1. The van der Waals surface area contributed by atoms with Crippen LogP contribution in [0.25, 0.3) is 0 Å². The molecule has 1 aromatic rings. The van der Waals surface area contributed by atoms with Gasteiger partial charge in [0.05, 0.1) is 12.3 Å². The molecule has 17 heavy (non-hydrogen) atoms. The van der Waals surface area contributed by atoms with Crippen molar-refractivity contribution in [3.63, 3.8) is 0 Å². The van der Waals surface area contributed by atoms with E-state index in [1.807, 2.05) is 12.1 Å². The molecule has 1 aliphatic rings. The van der Waals surface area contributed by atoms with Crippen molar-refractivity contribution in [2.24, 2.45) is 5.92 Å². The number of hydrogen-bond donors (Lipinski definition) is 2. The molecule has 4 heteroatoms. The Balaban J connectivity index is 1.98. The molecule has 1 aliphatic carbocycles. The summed E-state index contributed by atoms with van der Waals surface area (Å²) in [5.74, 6) is 2.21. The highest BCUT2D eigenvalue weighted by molar-refractivity contribution is 5.54. The Labute approximate surface area is 103 Å².